The minimum atomic E-state index is 0.241. The number of rotatable bonds is 5. The third-order valence-electron chi connectivity index (χ3n) is 5.54. The van der Waals surface area contributed by atoms with E-state index in [0.29, 0.717) is 6.54 Å². The Morgan fingerprint density at radius 3 is 2.11 bits per heavy atom. The lowest BCUT2D eigenvalue weighted by Gasteiger charge is -2.38. The molecule has 0 aliphatic carbocycles. The molecule has 0 spiro atoms. The van der Waals surface area contributed by atoms with Gasteiger partial charge in [-0.2, -0.15) is 0 Å². The van der Waals surface area contributed by atoms with E-state index in [-0.39, 0.29) is 5.91 Å². The summed E-state index contributed by atoms with van der Waals surface area (Å²) in [6.45, 7) is 8.53. The molecule has 3 heterocycles. The molecule has 148 valence electrons. The molecule has 1 aromatic carbocycles. The molecule has 7 heteroatoms. The molecule has 0 N–H and O–H groups in total. The average molecular weight is 380 g/mol. The van der Waals surface area contributed by atoms with Crippen LogP contribution in [0, 0.1) is 0 Å². The number of hydrogen-bond acceptors (Lipinski definition) is 6. The predicted octanol–water partition coefficient (Wildman–Crippen LogP) is 0.943. The number of carbonyl (C=O) groups is 1. The summed E-state index contributed by atoms with van der Waals surface area (Å²) in [6, 6.07) is 12.4. The molecule has 0 bridgehead atoms. The summed E-state index contributed by atoms with van der Waals surface area (Å²) in [5.74, 6) is 0.995. The van der Waals surface area contributed by atoms with Crippen LogP contribution in [-0.4, -0.2) is 89.5 Å². The highest BCUT2D eigenvalue weighted by Gasteiger charge is 2.25. The summed E-state index contributed by atoms with van der Waals surface area (Å²) in [7, 11) is 0. The third-order valence-corrected chi connectivity index (χ3v) is 5.54. The number of aromatic nitrogens is 2. The van der Waals surface area contributed by atoms with Crippen LogP contribution in [0.3, 0.4) is 0 Å². The van der Waals surface area contributed by atoms with Crippen molar-refractivity contribution in [1.82, 2.24) is 24.7 Å². The molecule has 2 aromatic rings. The van der Waals surface area contributed by atoms with Gasteiger partial charge in [-0.15, -0.1) is 0 Å². The minimum absolute atomic E-state index is 0.241. The van der Waals surface area contributed by atoms with E-state index in [4.69, 9.17) is 0 Å². The lowest BCUT2D eigenvalue weighted by molar-refractivity contribution is -0.133. The van der Waals surface area contributed by atoms with Crippen LogP contribution in [0.2, 0.25) is 0 Å². The summed E-state index contributed by atoms with van der Waals surface area (Å²) in [5.41, 5.74) is 1.35. The van der Waals surface area contributed by atoms with Crippen LogP contribution in [0.4, 0.5) is 5.95 Å². The first kappa shape index (κ1) is 18.8. The molecule has 0 unspecified atom stereocenters. The highest BCUT2D eigenvalue weighted by molar-refractivity contribution is 5.78. The third kappa shape index (κ3) is 4.85. The Balaban J connectivity index is 1.19. The van der Waals surface area contributed by atoms with Crippen LogP contribution in [0.5, 0.6) is 0 Å². The first-order valence-electron chi connectivity index (χ1n) is 10.1. The van der Waals surface area contributed by atoms with Gasteiger partial charge in [0, 0.05) is 71.3 Å². The van der Waals surface area contributed by atoms with Gasteiger partial charge in [-0.1, -0.05) is 30.3 Å². The fourth-order valence-electron chi connectivity index (χ4n) is 3.85. The average Bonchev–Trinajstić information content (AvgIpc) is 2.76. The van der Waals surface area contributed by atoms with Crippen molar-refractivity contribution < 1.29 is 4.79 Å². The van der Waals surface area contributed by atoms with E-state index < -0.39 is 0 Å². The van der Waals surface area contributed by atoms with Gasteiger partial charge in [-0.3, -0.25) is 14.6 Å². The summed E-state index contributed by atoms with van der Waals surface area (Å²) < 4.78 is 0. The van der Waals surface area contributed by atoms with Gasteiger partial charge in [0.1, 0.15) is 0 Å². The van der Waals surface area contributed by atoms with Crippen molar-refractivity contribution in [2.24, 2.45) is 0 Å². The van der Waals surface area contributed by atoms with E-state index in [2.05, 4.69) is 55.0 Å². The number of benzene rings is 1. The first-order valence-corrected chi connectivity index (χ1v) is 10.1. The number of carbonyl (C=O) groups excluding carboxylic acids is 1. The lowest BCUT2D eigenvalue weighted by Crippen LogP contribution is -2.54. The van der Waals surface area contributed by atoms with Gasteiger partial charge in [0.25, 0.3) is 0 Å². The number of anilines is 1. The van der Waals surface area contributed by atoms with Crippen LogP contribution in [-0.2, 0) is 11.3 Å². The Bertz CT molecular complexity index is 740. The highest BCUT2D eigenvalue weighted by Crippen LogP contribution is 2.12. The highest BCUT2D eigenvalue weighted by atomic mass is 16.2. The van der Waals surface area contributed by atoms with E-state index in [1.54, 1.807) is 12.4 Å². The number of nitrogens with zero attached hydrogens (tertiary/aromatic N) is 6. The molecule has 2 aliphatic heterocycles. The van der Waals surface area contributed by atoms with Crippen molar-refractivity contribution in [1.29, 1.82) is 0 Å². The molecular formula is C21H28N6O. The number of hydrogen-bond donors (Lipinski definition) is 0. The van der Waals surface area contributed by atoms with E-state index in [0.717, 1.165) is 64.9 Å². The zero-order valence-electron chi connectivity index (χ0n) is 16.3. The summed E-state index contributed by atoms with van der Waals surface area (Å²) in [6.07, 6.45) is 3.52. The molecule has 2 aliphatic rings. The van der Waals surface area contributed by atoms with Gasteiger partial charge < -0.3 is 9.80 Å². The summed E-state index contributed by atoms with van der Waals surface area (Å²) in [4.78, 5) is 30.2. The van der Waals surface area contributed by atoms with Gasteiger partial charge in [-0.25, -0.2) is 9.97 Å². The Labute approximate surface area is 166 Å². The van der Waals surface area contributed by atoms with Crippen LogP contribution in [0.25, 0.3) is 0 Å². The second-order valence-electron chi connectivity index (χ2n) is 7.45. The molecule has 2 fully saturated rings. The normalized spacial score (nSPS) is 19.0. The molecule has 0 saturated carbocycles. The Kier molecular flexibility index (Phi) is 6.14. The minimum Gasteiger partial charge on any atom is -0.338 e. The smallest absolute Gasteiger partial charge is 0.236 e. The van der Waals surface area contributed by atoms with E-state index in [9.17, 15) is 4.79 Å². The zero-order chi connectivity index (χ0) is 19.2. The van der Waals surface area contributed by atoms with Gasteiger partial charge in [0.05, 0.1) is 6.54 Å². The number of amides is 1. The quantitative estimate of drug-likeness (QED) is 0.770. The maximum atomic E-state index is 12.7. The Morgan fingerprint density at radius 1 is 0.786 bits per heavy atom. The maximum absolute atomic E-state index is 12.7. The Morgan fingerprint density at radius 2 is 1.43 bits per heavy atom. The molecule has 4 rings (SSSR count). The SMILES string of the molecule is O=C(CN1CCN(Cc2ccccc2)CC1)N1CCN(c2ncccn2)CC1. The molecule has 1 amide bonds. The molecular weight excluding hydrogens is 352 g/mol. The van der Waals surface area contributed by atoms with Gasteiger partial charge in [0.2, 0.25) is 11.9 Å². The topological polar surface area (TPSA) is 55.8 Å². The zero-order valence-corrected chi connectivity index (χ0v) is 16.3. The van der Waals surface area contributed by atoms with Crippen LogP contribution < -0.4 is 4.90 Å². The standard InChI is InChI=1S/C21H28N6O/c28-20(26-13-15-27(16-14-26)21-22-7-4-8-23-21)18-25-11-9-24(10-12-25)17-19-5-2-1-3-6-19/h1-8H,9-18H2. The molecule has 28 heavy (non-hydrogen) atoms. The van der Waals surface area contributed by atoms with Crippen molar-refractivity contribution in [3.8, 4) is 0 Å². The second kappa shape index (κ2) is 9.12. The van der Waals surface area contributed by atoms with Crippen molar-refractivity contribution in [3.05, 3.63) is 54.4 Å². The largest absolute Gasteiger partial charge is 0.338 e. The molecule has 1 aromatic heterocycles. The van der Waals surface area contributed by atoms with Crippen molar-refractivity contribution in [2.45, 2.75) is 6.54 Å². The predicted molar refractivity (Wildman–Crippen MR) is 109 cm³/mol. The van der Waals surface area contributed by atoms with E-state index >= 15 is 0 Å². The van der Waals surface area contributed by atoms with Crippen molar-refractivity contribution in [3.63, 3.8) is 0 Å². The monoisotopic (exact) mass is 380 g/mol. The fourth-order valence-corrected chi connectivity index (χ4v) is 3.85. The fraction of sp³-hybridized carbons (Fsp3) is 0.476. The van der Waals surface area contributed by atoms with Crippen LogP contribution in [0.15, 0.2) is 48.8 Å². The van der Waals surface area contributed by atoms with E-state index in [1.807, 2.05) is 11.0 Å². The Hall–Kier alpha value is -2.51. The van der Waals surface area contributed by atoms with E-state index in [1.165, 1.54) is 5.56 Å². The molecule has 0 atom stereocenters. The maximum Gasteiger partial charge on any atom is 0.236 e. The second-order valence-corrected chi connectivity index (χ2v) is 7.45. The molecule has 7 nitrogen and oxygen atoms in total. The van der Waals surface area contributed by atoms with Gasteiger partial charge in [0.15, 0.2) is 0 Å². The lowest BCUT2D eigenvalue weighted by atomic mass is 10.2. The molecule has 0 radical (unpaired) electrons. The van der Waals surface area contributed by atoms with Crippen molar-refractivity contribution >= 4 is 11.9 Å². The number of piperazine rings is 2. The molecule has 2 saturated heterocycles. The van der Waals surface area contributed by atoms with Gasteiger partial charge >= 0.3 is 0 Å². The van der Waals surface area contributed by atoms with Gasteiger partial charge in [-0.05, 0) is 11.6 Å². The van der Waals surface area contributed by atoms with Crippen molar-refractivity contribution in [2.75, 3.05) is 63.8 Å². The summed E-state index contributed by atoms with van der Waals surface area (Å²) in [5, 5.41) is 0. The van der Waals surface area contributed by atoms with Crippen LogP contribution in [0.1, 0.15) is 5.56 Å². The first-order chi connectivity index (χ1) is 13.8. The van der Waals surface area contributed by atoms with Crippen LogP contribution >= 0.6 is 0 Å². The summed E-state index contributed by atoms with van der Waals surface area (Å²) >= 11 is 0.